The van der Waals surface area contributed by atoms with Crippen molar-refractivity contribution in [1.82, 2.24) is 14.7 Å². The first-order chi connectivity index (χ1) is 12.9. The first-order valence-corrected chi connectivity index (χ1v) is 8.36. The van der Waals surface area contributed by atoms with E-state index < -0.39 is 17.4 Å². The number of aromatic nitrogens is 3. The number of benzene rings is 1. The largest absolute Gasteiger partial charge is 0.461 e. The minimum Gasteiger partial charge on any atom is -0.461 e. The van der Waals surface area contributed by atoms with Crippen molar-refractivity contribution >= 4 is 40.3 Å². The third-order valence-electron chi connectivity index (χ3n) is 3.70. The van der Waals surface area contributed by atoms with E-state index in [1.165, 1.54) is 0 Å². The second kappa shape index (κ2) is 7.58. The summed E-state index contributed by atoms with van der Waals surface area (Å²) in [6.07, 6.45) is 1.15. The van der Waals surface area contributed by atoms with Gasteiger partial charge in [-0.25, -0.2) is 9.78 Å². The number of esters is 1. The Balaban J connectivity index is 1.86. The number of nitrogens with one attached hydrogen (secondary N) is 1. The van der Waals surface area contributed by atoms with Gasteiger partial charge in [-0.3, -0.25) is 14.2 Å². The number of fused-ring (bicyclic) bond motifs is 1. The summed E-state index contributed by atoms with van der Waals surface area (Å²) in [5.74, 6) is -1.26. The highest BCUT2D eigenvalue weighted by atomic mass is 35.5. The van der Waals surface area contributed by atoms with Gasteiger partial charge in [0.1, 0.15) is 18.3 Å². The van der Waals surface area contributed by atoms with Gasteiger partial charge in [-0.15, -0.1) is 0 Å². The summed E-state index contributed by atoms with van der Waals surface area (Å²) in [5.41, 5.74) is 0.352. The molecule has 0 saturated heterocycles. The molecule has 2 aromatic heterocycles. The molecule has 10 heteroatoms. The summed E-state index contributed by atoms with van der Waals surface area (Å²) in [7, 11) is 0. The monoisotopic (exact) mass is 390 g/mol. The number of carbonyl (C=O) groups excluding carboxylic acids is 2. The fraction of sp³-hybridized carbons (Fsp3) is 0.235. The molecule has 2 heterocycles. The van der Waals surface area contributed by atoms with Gasteiger partial charge in [-0.05, 0) is 31.5 Å². The zero-order chi connectivity index (χ0) is 19.6. The van der Waals surface area contributed by atoms with Crippen LogP contribution in [0.2, 0.25) is 5.02 Å². The van der Waals surface area contributed by atoms with Crippen LogP contribution < -0.4 is 10.9 Å². The summed E-state index contributed by atoms with van der Waals surface area (Å²) in [5, 5.41) is 6.56. The third-order valence-corrected chi connectivity index (χ3v) is 4.11. The topological polar surface area (TPSA) is 116 Å². The van der Waals surface area contributed by atoms with Gasteiger partial charge in [0, 0.05) is 10.7 Å². The van der Waals surface area contributed by atoms with Crippen molar-refractivity contribution in [3.63, 3.8) is 0 Å². The molecule has 0 aliphatic carbocycles. The molecule has 0 atom stereocenters. The number of nitrogens with zero attached hydrogens (tertiary/aromatic N) is 3. The molecule has 27 heavy (non-hydrogen) atoms. The van der Waals surface area contributed by atoms with E-state index in [0.29, 0.717) is 10.7 Å². The fourth-order valence-electron chi connectivity index (χ4n) is 2.36. The summed E-state index contributed by atoms with van der Waals surface area (Å²) in [6.45, 7) is 3.26. The zero-order valence-corrected chi connectivity index (χ0v) is 15.2. The van der Waals surface area contributed by atoms with Crippen LogP contribution in [0.25, 0.3) is 11.1 Å². The van der Waals surface area contributed by atoms with Crippen LogP contribution in [-0.2, 0) is 16.1 Å². The number of hydrogen-bond acceptors (Lipinski definition) is 7. The van der Waals surface area contributed by atoms with E-state index in [9.17, 15) is 14.4 Å². The number of anilines is 1. The van der Waals surface area contributed by atoms with E-state index in [0.717, 1.165) is 16.5 Å². The molecular weight excluding hydrogens is 376 g/mol. The highest BCUT2D eigenvalue weighted by molar-refractivity contribution is 6.31. The molecule has 0 bridgehead atoms. The Morgan fingerprint density at radius 1 is 1.37 bits per heavy atom. The lowest BCUT2D eigenvalue weighted by molar-refractivity contribution is -0.116. The summed E-state index contributed by atoms with van der Waals surface area (Å²) < 4.78 is 10.8. The Labute approximate surface area is 157 Å². The average molecular weight is 391 g/mol. The highest BCUT2D eigenvalue weighted by Gasteiger charge is 2.22. The Bertz CT molecular complexity index is 1090. The molecule has 0 unspecified atom stereocenters. The van der Waals surface area contributed by atoms with Gasteiger partial charge in [0.2, 0.25) is 11.6 Å². The predicted molar refractivity (Wildman–Crippen MR) is 96.8 cm³/mol. The molecule has 0 saturated carbocycles. The number of carbonyl (C=O) groups is 2. The lowest BCUT2D eigenvalue weighted by Gasteiger charge is -2.08. The van der Waals surface area contributed by atoms with Crippen LogP contribution in [-0.4, -0.2) is 33.2 Å². The highest BCUT2D eigenvalue weighted by Crippen LogP contribution is 2.20. The standard InChI is InChI=1S/C17H15ClN4O5/c1-3-26-17(25)14-13-15(27-21-14)19-8-22(16(13)24)7-12(23)20-10-5-4-9(2)11(18)6-10/h4-6,8H,3,7H2,1-2H3,(H,20,23). The van der Waals surface area contributed by atoms with Gasteiger partial charge in [0.15, 0.2) is 0 Å². The summed E-state index contributed by atoms with van der Waals surface area (Å²) in [4.78, 5) is 40.7. The van der Waals surface area contributed by atoms with Crippen molar-refractivity contribution in [1.29, 1.82) is 0 Å². The van der Waals surface area contributed by atoms with Crippen molar-refractivity contribution in [3.05, 3.63) is 51.2 Å². The summed E-state index contributed by atoms with van der Waals surface area (Å²) >= 11 is 6.03. The van der Waals surface area contributed by atoms with Gasteiger partial charge in [0.25, 0.3) is 11.3 Å². The Kier molecular flexibility index (Phi) is 5.22. The molecule has 3 aromatic rings. The van der Waals surface area contributed by atoms with Gasteiger partial charge in [-0.1, -0.05) is 22.8 Å². The SMILES string of the molecule is CCOC(=O)c1noc2ncn(CC(=O)Nc3ccc(C)c(Cl)c3)c(=O)c12. The van der Waals surface area contributed by atoms with Gasteiger partial charge >= 0.3 is 5.97 Å². The van der Waals surface area contributed by atoms with Crippen molar-refractivity contribution in [3.8, 4) is 0 Å². The van der Waals surface area contributed by atoms with Crippen LogP contribution in [0.1, 0.15) is 23.0 Å². The summed E-state index contributed by atoms with van der Waals surface area (Å²) in [6, 6.07) is 5.07. The number of aryl methyl sites for hydroxylation is 1. The van der Waals surface area contributed by atoms with E-state index >= 15 is 0 Å². The molecule has 1 N–H and O–H groups in total. The quantitative estimate of drug-likeness (QED) is 0.663. The zero-order valence-electron chi connectivity index (χ0n) is 14.5. The second-order valence-electron chi connectivity index (χ2n) is 5.62. The number of hydrogen-bond donors (Lipinski definition) is 1. The average Bonchev–Trinajstić information content (AvgIpc) is 3.06. The van der Waals surface area contributed by atoms with Crippen LogP contribution in [0.15, 0.2) is 33.8 Å². The van der Waals surface area contributed by atoms with E-state index in [-0.39, 0.29) is 29.9 Å². The Hall–Kier alpha value is -3.20. The maximum Gasteiger partial charge on any atom is 0.361 e. The minimum absolute atomic E-state index is 0.106. The smallest absolute Gasteiger partial charge is 0.361 e. The van der Waals surface area contributed by atoms with Crippen molar-refractivity contribution in [2.24, 2.45) is 0 Å². The maximum absolute atomic E-state index is 12.6. The molecule has 0 spiro atoms. The fourth-order valence-corrected chi connectivity index (χ4v) is 2.54. The third kappa shape index (κ3) is 3.82. The van der Waals surface area contributed by atoms with E-state index in [2.05, 4.69) is 15.5 Å². The second-order valence-corrected chi connectivity index (χ2v) is 6.03. The van der Waals surface area contributed by atoms with Crippen LogP contribution in [0, 0.1) is 6.92 Å². The van der Waals surface area contributed by atoms with Crippen molar-refractivity contribution < 1.29 is 18.8 Å². The Morgan fingerprint density at radius 3 is 2.85 bits per heavy atom. The van der Waals surface area contributed by atoms with Crippen LogP contribution >= 0.6 is 11.6 Å². The van der Waals surface area contributed by atoms with Crippen molar-refractivity contribution in [2.45, 2.75) is 20.4 Å². The van der Waals surface area contributed by atoms with Crippen molar-refractivity contribution in [2.75, 3.05) is 11.9 Å². The normalized spacial score (nSPS) is 10.8. The molecular formula is C17H15ClN4O5. The van der Waals surface area contributed by atoms with Crippen LogP contribution in [0.5, 0.6) is 0 Å². The van der Waals surface area contributed by atoms with Gasteiger partial charge in [-0.2, -0.15) is 0 Å². The van der Waals surface area contributed by atoms with Gasteiger partial charge in [0.05, 0.1) is 6.61 Å². The predicted octanol–water partition coefficient (Wildman–Crippen LogP) is 2.16. The molecule has 1 amide bonds. The lowest BCUT2D eigenvalue weighted by atomic mass is 10.2. The van der Waals surface area contributed by atoms with Crippen LogP contribution in [0.3, 0.4) is 0 Å². The number of rotatable bonds is 5. The number of amides is 1. The lowest BCUT2D eigenvalue weighted by Crippen LogP contribution is -2.28. The van der Waals surface area contributed by atoms with E-state index in [1.54, 1.807) is 25.1 Å². The molecule has 0 aliphatic heterocycles. The molecule has 1 aromatic carbocycles. The molecule has 140 valence electrons. The first-order valence-electron chi connectivity index (χ1n) is 7.98. The Morgan fingerprint density at radius 2 is 2.15 bits per heavy atom. The van der Waals surface area contributed by atoms with E-state index in [4.69, 9.17) is 20.9 Å². The number of ether oxygens (including phenoxy) is 1. The molecule has 0 aliphatic rings. The minimum atomic E-state index is -0.799. The first kappa shape index (κ1) is 18.6. The van der Waals surface area contributed by atoms with Gasteiger partial charge < -0.3 is 14.6 Å². The number of halogens is 1. The molecule has 0 radical (unpaired) electrons. The van der Waals surface area contributed by atoms with Crippen LogP contribution in [0.4, 0.5) is 5.69 Å². The van der Waals surface area contributed by atoms with E-state index in [1.807, 2.05) is 6.92 Å². The maximum atomic E-state index is 12.6. The molecule has 3 rings (SSSR count). The molecule has 0 fully saturated rings. The molecule has 9 nitrogen and oxygen atoms in total.